The Hall–Kier alpha value is -3.60. The molecule has 0 atom stereocenters. The van der Waals surface area contributed by atoms with Gasteiger partial charge in [-0.25, -0.2) is 0 Å². The molecule has 6 heteroatoms. The molecule has 0 aliphatic rings. The minimum atomic E-state index is 0. The van der Waals surface area contributed by atoms with Crippen LogP contribution in [0.3, 0.4) is 0 Å². The maximum Gasteiger partial charge on any atom is 0.201 e. The number of aromatic nitrogens is 5. The first-order valence-electron chi connectivity index (χ1n) is 11.1. The summed E-state index contributed by atoms with van der Waals surface area (Å²) in [6, 6.07) is 29.6. The number of benzene rings is 3. The molecule has 0 spiro atoms. The molecular weight excluding hydrogens is 611 g/mol. The van der Waals surface area contributed by atoms with Crippen molar-refractivity contribution in [2.45, 2.75) is 27.7 Å². The van der Waals surface area contributed by atoms with Crippen molar-refractivity contribution in [1.29, 1.82) is 0 Å². The molecule has 0 aliphatic heterocycles. The molecule has 2 heterocycles. The molecule has 5 nitrogen and oxygen atoms in total. The van der Waals surface area contributed by atoms with Gasteiger partial charge >= 0.3 is 0 Å². The summed E-state index contributed by atoms with van der Waals surface area (Å²) in [5.41, 5.74) is 8.99. The molecule has 0 amide bonds. The average Bonchev–Trinajstić information content (AvgIpc) is 2.91. The second kappa shape index (κ2) is 12.2. The smallest absolute Gasteiger partial charge is 0.201 e. The first-order chi connectivity index (χ1) is 16.5. The Balaban J connectivity index is 0.000000192. The number of hydrogen-bond donors (Lipinski definition) is 0. The summed E-state index contributed by atoms with van der Waals surface area (Å²) in [6.45, 7) is 8.56. The summed E-state index contributed by atoms with van der Waals surface area (Å²) in [4.78, 5) is 4.39. The van der Waals surface area contributed by atoms with Crippen molar-refractivity contribution in [3.63, 3.8) is 0 Å². The molecule has 177 valence electrons. The molecule has 1 radical (unpaired) electrons. The van der Waals surface area contributed by atoms with Crippen LogP contribution in [0.2, 0.25) is 0 Å². The molecule has 3 aromatic carbocycles. The number of hydrogen-bond acceptors (Lipinski definition) is 5. The Morgan fingerprint density at radius 1 is 0.629 bits per heavy atom. The van der Waals surface area contributed by atoms with Gasteiger partial charge in [0.1, 0.15) is 5.82 Å². The zero-order valence-corrected chi connectivity index (χ0v) is 22.5. The summed E-state index contributed by atoms with van der Waals surface area (Å²) in [5, 5.41) is 16.3. The summed E-state index contributed by atoms with van der Waals surface area (Å²) >= 11 is 0. The van der Waals surface area contributed by atoms with E-state index < -0.39 is 0 Å². The summed E-state index contributed by atoms with van der Waals surface area (Å²) in [5.74, 6) is 1.01. The third-order valence-electron chi connectivity index (χ3n) is 5.76. The van der Waals surface area contributed by atoms with E-state index in [0.29, 0.717) is 11.6 Å². The molecule has 35 heavy (non-hydrogen) atoms. The van der Waals surface area contributed by atoms with E-state index in [1.807, 2.05) is 79.0 Å². The third-order valence-corrected chi connectivity index (χ3v) is 5.76. The fourth-order valence-corrected chi connectivity index (χ4v) is 3.46. The van der Waals surface area contributed by atoms with E-state index in [0.717, 1.165) is 22.4 Å². The van der Waals surface area contributed by atoms with Gasteiger partial charge in [0.05, 0.1) is 0 Å². The molecule has 0 bridgehead atoms. The predicted octanol–water partition coefficient (Wildman–Crippen LogP) is 6.18. The molecule has 5 rings (SSSR count). The van der Waals surface area contributed by atoms with Gasteiger partial charge in [-0.1, -0.05) is 70.2 Å². The fourth-order valence-electron chi connectivity index (χ4n) is 3.46. The molecule has 0 N–H and O–H groups in total. The quantitative estimate of drug-likeness (QED) is 0.222. The molecule has 0 saturated heterocycles. The third kappa shape index (κ3) is 6.30. The Labute approximate surface area is 220 Å². The SMILES string of the molecule is Cc1[c-]c(-c2ccccn2)c(C)c(C)c1C.[Ir].[c-]1ccccc1-c1nnc(-c2ccccc2)nn1. The van der Waals surface area contributed by atoms with E-state index in [1.54, 1.807) is 0 Å². The van der Waals surface area contributed by atoms with Crippen LogP contribution in [0.15, 0.2) is 79.0 Å². The van der Waals surface area contributed by atoms with E-state index in [2.05, 4.69) is 65.2 Å². The van der Waals surface area contributed by atoms with Crippen molar-refractivity contribution in [2.75, 3.05) is 0 Å². The number of nitrogens with zero attached hydrogens (tertiary/aromatic N) is 5. The minimum Gasteiger partial charge on any atom is -0.305 e. The van der Waals surface area contributed by atoms with E-state index in [9.17, 15) is 0 Å². The van der Waals surface area contributed by atoms with E-state index in [4.69, 9.17) is 0 Å². The number of rotatable bonds is 3. The van der Waals surface area contributed by atoms with Crippen LogP contribution in [-0.4, -0.2) is 25.4 Å². The maximum absolute atomic E-state index is 4.39. The molecule has 2 aromatic heterocycles. The molecule has 5 aromatic rings. The monoisotopic (exact) mass is 636 g/mol. The van der Waals surface area contributed by atoms with Gasteiger partial charge in [0.15, 0.2) is 0 Å². The van der Waals surface area contributed by atoms with Crippen LogP contribution >= 0.6 is 0 Å². The standard InChI is InChI=1S/C15H16N.C14H9N4.Ir/c1-10-9-14(13(4)12(3)11(10)2)15-7-5-6-8-16-15;1-3-7-11(8-4-1)13-15-17-14(18-16-13)12-9-5-2-6-10-12;/h5-8H,1-4H3;1-9H;/q2*-1;. The zero-order chi connectivity index (χ0) is 23.9. The molecule has 0 aliphatic carbocycles. The predicted molar refractivity (Wildman–Crippen MR) is 135 cm³/mol. The molecule has 0 fully saturated rings. The van der Waals surface area contributed by atoms with Gasteiger partial charge in [0.2, 0.25) is 5.82 Å². The molecule has 0 unspecified atom stereocenters. The van der Waals surface area contributed by atoms with Crippen molar-refractivity contribution in [1.82, 2.24) is 25.4 Å². The van der Waals surface area contributed by atoms with Gasteiger partial charge < -0.3 is 4.98 Å². The number of aryl methyl sites for hydroxylation is 1. The van der Waals surface area contributed by atoms with Crippen molar-refractivity contribution in [2.24, 2.45) is 0 Å². The normalized spacial score (nSPS) is 10.1. The topological polar surface area (TPSA) is 64.5 Å². The van der Waals surface area contributed by atoms with Crippen LogP contribution in [0, 0.1) is 39.8 Å². The first-order valence-corrected chi connectivity index (χ1v) is 11.1. The van der Waals surface area contributed by atoms with Crippen LogP contribution in [-0.2, 0) is 20.1 Å². The average molecular weight is 636 g/mol. The van der Waals surface area contributed by atoms with Crippen molar-refractivity contribution in [3.05, 3.63) is 113 Å². The second-order valence-electron chi connectivity index (χ2n) is 7.90. The fraction of sp³-hybridized carbons (Fsp3) is 0.138. The Morgan fingerprint density at radius 2 is 1.29 bits per heavy atom. The van der Waals surface area contributed by atoms with Gasteiger partial charge in [-0.05, 0) is 11.8 Å². The van der Waals surface area contributed by atoms with Crippen LogP contribution < -0.4 is 0 Å². The van der Waals surface area contributed by atoms with E-state index in [-0.39, 0.29) is 20.1 Å². The zero-order valence-electron chi connectivity index (χ0n) is 20.1. The number of pyridine rings is 1. The van der Waals surface area contributed by atoms with Crippen LogP contribution in [0.5, 0.6) is 0 Å². The Kier molecular flexibility index (Phi) is 9.07. The summed E-state index contributed by atoms with van der Waals surface area (Å²) in [7, 11) is 0. The van der Waals surface area contributed by atoms with Gasteiger partial charge in [-0.15, -0.1) is 80.0 Å². The molecular formula is C29H25IrN5-2. The summed E-state index contributed by atoms with van der Waals surface area (Å²) in [6.07, 6.45) is 1.83. The largest absolute Gasteiger partial charge is 0.305 e. The van der Waals surface area contributed by atoms with E-state index in [1.165, 1.54) is 22.3 Å². The van der Waals surface area contributed by atoms with Crippen molar-refractivity contribution >= 4 is 0 Å². The van der Waals surface area contributed by atoms with Gasteiger partial charge in [0, 0.05) is 31.9 Å². The van der Waals surface area contributed by atoms with Gasteiger partial charge in [-0.3, -0.25) is 0 Å². The van der Waals surface area contributed by atoms with E-state index >= 15 is 0 Å². The minimum absolute atomic E-state index is 0. The van der Waals surface area contributed by atoms with Crippen molar-refractivity contribution < 1.29 is 20.1 Å². The van der Waals surface area contributed by atoms with Crippen LogP contribution in [0.4, 0.5) is 0 Å². The summed E-state index contributed by atoms with van der Waals surface area (Å²) < 4.78 is 0. The molecule has 0 saturated carbocycles. The van der Waals surface area contributed by atoms with Crippen molar-refractivity contribution in [3.8, 4) is 34.0 Å². The Bertz CT molecular complexity index is 1300. The van der Waals surface area contributed by atoms with Crippen LogP contribution in [0.1, 0.15) is 22.3 Å². The first kappa shape index (κ1) is 26.0. The van der Waals surface area contributed by atoms with Crippen LogP contribution in [0.25, 0.3) is 34.0 Å². The van der Waals surface area contributed by atoms with Gasteiger partial charge in [-0.2, -0.15) is 10.2 Å². The second-order valence-corrected chi connectivity index (χ2v) is 7.90. The Morgan fingerprint density at radius 3 is 1.91 bits per heavy atom. The van der Waals surface area contributed by atoms with Gasteiger partial charge in [0.25, 0.3) is 0 Å². The maximum atomic E-state index is 4.39.